The number of halogens is 3. The van der Waals surface area contributed by atoms with Crippen LogP contribution in [0.2, 0.25) is 0 Å². The first-order valence-electron chi connectivity index (χ1n) is 12.5. The second-order valence-electron chi connectivity index (χ2n) is 9.05. The summed E-state index contributed by atoms with van der Waals surface area (Å²) in [6, 6.07) is 15.6. The lowest BCUT2D eigenvalue weighted by molar-refractivity contribution is -0.141. The number of nitrogens with one attached hydrogen (secondary N) is 3. The molecule has 0 radical (unpaired) electrons. The van der Waals surface area contributed by atoms with E-state index in [2.05, 4.69) is 35.6 Å². The number of aromatic amines is 1. The number of carbonyl (C=O) groups is 2. The Morgan fingerprint density at radius 2 is 1.76 bits per heavy atom. The summed E-state index contributed by atoms with van der Waals surface area (Å²) in [6.07, 6.45) is -2.19. The predicted molar refractivity (Wildman–Crippen MR) is 148 cm³/mol. The van der Waals surface area contributed by atoms with Crippen molar-refractivity contribution in [2.45, 2.75) is 12.2 Å². The predicted octanol–water partition coefficient (Wildman–Crippen LogP) is 4.50. The molecule has 0 aliphatic carbocycles. The number of anilines is 3. The Bertz CT molecular complexity index is 1740. The van der Waals surface area contributed by atoms with Crippen molar-refractivity contribution in [2.75, 3.05) is 23.8 Å². The van der Waals surface area contributed by atoms with Crippen LogP contribution < -0.4 is 15.5 Å². The molecule has 0 aliphatic heterocycles. The first-order valence-corrected chi connectivity index (χ1v) is 12.5. The van der Waals surface area contributed by atoms with Crippen LogP contribution in [0.15, 0.2) is 79.1 Å². The fourth-order valence-corrected chi connectivity index (χ4v) is 4.20. The zero-order chi connectivity index (χ0) is 29.9. The van der Waals surface area contributed by atoms with E-state index in [4.69, 9.17) is 0 Å². The van der Waals surface area contributed by atoms with Gasteiger partial charge in [-0.2, -0.15) is 13.2 Å². The van der Waals surface area contributed by atoms with Gasteiger partial charge in [0.2, 0.25) is 11.9 Å². The van der Waals surface area contributed by atoms with Crippen molar-refractivity contribution in [1.82, 2.24) is 30.2 Å². The molecule has 5 aromatic rings. The third-order valence-corrected chi connectivity index (χ3v) is 6.25. The van der Waals surface area contributed by atoms with Gasteiger partial charge >= 0.3 is 12.1 Å². The zero-order valence-corrected chi connectivity index (χ0v) is 21.9. The number of carboxylic acid groups (broad SMARTS) is 1. The van der Waals surface area contributed by atoms with Gasteiger partial charge in [0.05, 0.1) is 17.9 Å². The number of nitrogens with zero attached hydrogens (tertiary/aromatic N) is 5. The molecule has 0 aliphatic rings. The molecule has 11 nitrogen and oxygen atoms in total. The number of carboxylic acids is 1. The normalized spacial score (nSPS) is 12.1. The number of alkyl halides is 3. The van der Waals surface area contributed by atoms with Gasteiger partial charge in [0.15, 0.2) is 0 Å². The van der Waals surface area contributed by atoms with Crippen molar-refractivity contribution >= 4 is 40.4 Å². The summed E-state index contributed by atoms with van der Waals surface area (Å²) < 4.78 is 40.1. The van der Waals surface area contributed by atoms with Crippen LogP contribution in [0.4, 0.5) is 30.8 Å². The summed E-state index contributed by atoms with van der Waals surface area (Å²) in [5.41, 5.74) is 1.36. The first-order chi connectivity index (χ1) is 20.1. The number of hydrogen-bond donors (Lipinski definition) is 4. The summed E-state index contributed by atoms with van der Waals surface area (Å²) in [6.45, 7) is -0.454. The van der Waals surface area contributed by atoms with Crippen LogP contribution in [0.3, 0.4) is 0 Å². The Kier molecular flexibility index (Phi) is 7.69. The third kappa shape index (κ3) is 6.11. The third-order valence-electron chi connectivity index (χ3n) is 6.25. The molecule has 0 saturated carbocycles. The van der Waals surface area contributed by atoms with Gasteiger partial charge in [-0.25, -0.2) is 24.7 Å². The highest BCUT2D eigenvalue weighted by Crippen LogP contribution is 2.30. The number of amides is 1. The fourth-order valence-electron chi connectivity index (χ4n) is 4.20. The molecule has 0 saturated heterocycles. The molecule has 3 heterocycles. The number of aromatic nitrogens is 5. The van der Waals surface area contributed by atoms with Gasteiger partial charge < -0.3 is 25.6 Å². The van der Waals surface area contributed by atoms with Gasteiger partial charge in [-0.1, -0.05) is 18.2 Å². The Labute approximate surface area is 236 Å². The zero-order valence-electron chi connectivity index (χ0n) is 21.9. The monoisotopic (exact) mass is 576 g/mol. The van der Waals surface area contributed by atoms with E-state index in [9.17, 15) is 27.9 Å². The average molecular weight is 577 g/mol. The van der Waals surface area contributed by atoms with E-state index >= 15 is 0 Å². The van der Waals surface area contributed by atoms with E-state index in [1.165, 1.54) is 11.0 Å². The summed E-state index contributed by atoms with van der Waals surface area (Å²) >= 11 is 0. The van der Waals surface area contributed by atoms with Crippen molar-refractivity contribution in [3.8, 4) is 11.4 Å². The Balaban J connectivity index is 1.41. The molecule has 2 aromatic carbocycles. The topological polar surface area (TPSA) is 149 Å². The molecule has 14 heteroatoms. The lowest BCUT2D eigenvalue weighted by atomic mass is 10.1. The van der Waals surface area contributed by atoms with Gasteiger partial charge in [0.1, 0.15) is 11.7 Å². The van der Waals surface area contributed by atoms with Crippen LogP contribution in [-0.4, -0.2) is 61.5 Å². The average Bonchev–Trinajstić information content (AvgIpc) is 3.43. The largest absolute Gasteiger partial charge is 0.480 e. The maximum absolute atomic E-state index is 13.4. The highest BCUT2D eigenvalue weighted by molar-refractivity contribution is 6.00. The number of aliphatic carboxylic acids is 1. The van der Waals surface area contributed by atoms with Gasteiger partial charge in [-0.05, 0) is 48.5 Å². The van der Waals surface area contributed by atoms with Gasteiger partial charge in [0.25, 0.3) is 5.91 Å². The molecule has 0 fully saturated rings. The van der Waals surface area contributed by atoms with Gasteiger partial charge in [0, 0.05) is 41.6 Å². The molecule has 214 valence electrons. The van der Waals surface area contributed by atoms with Crippen molar-refractivity contribution in [1.29, 1.82) is 0 Å². The molecule has 1 amide bonds. The quantitative estimate of drug-likeness (QED) is 0.199. The van der Waals surface area contributed by atoms with Crippen molar-refractivity contribution < 1.29 is 27.9 Å². The number of fused-ring (bicyclic) bond motifs is 1. The number of rotatable bonds is 9. The van der Waals surface area contributed by atoms with Crippen LogP contribution in [0, 0.1) is 0 Å². The maximum atomic E-state index is 13.4. The van der Waals surface area contributed by atoms with Crippen LogP contribution in [0.5, 0.6) is 0 Å². The molecule has 5 rings (SSSR count). The van der Waals surface area contributed by atoms with Crippen molar-refractivity contribution in [2.24, 2.45) is 0 Å². The van der Waals surface area contributed by atoms with E-state index < -0.39 is 36.3 Å². The SMILES string of the molecule is CNc1nccc(-c2cc3cc(C(=O)N[C@@H](CN(c4ccccc4)c4nccc(C(F)(F)F)n4)C(=O)O)ccc3[nH]2)n1. The van der Waals surface area contributed by atoms with Gasteiger partial charge in [-0.3, -0.25) is 4.79 Å². The second kappa shape index (κ2) is 11.5. The highest BCUT2D eigenvalue weighted by atomic mass is 19.4. The minimum atomic E-state index is -4.74. The lowest BCUT2D eigenvalue weighted by Crippen LogP contribution is -2.48. The molecule has 0 spiro atoms. The number of hydrogen-bond acceptors (Lipinski definition) is 8. The molecular weight excluding hydrogens is 553 g/mol. The fraction of sp³-hybridized carbons (Fsp3) is 0.143. The van der Waals surface area contributed by atoms with Crippen molar-refractivity contribution in [3.63, 3.8) is 0 Å². The summed E-state index contributed by atoms with van der Waals surface area (Å²) in [4.78, 5) is 45.9. The molecule has 1 atom stereocenters. The Hall–Kier alpha value is -5.53. The highest BCUT2D eigenvalue weighted by Gasteiger charge is 2.34. The minimum Gasteiger partial charge on any atom is -0.480 e. The van der Waals surface area contributed by atoms with Crippen LogP contribution in [-0.2, 0) is 11.0 Å². The van der Waals surface area contributed by atoms with Crippen LogP contribution in [0.1, 0.15) is 16.1 Å². The Morgan fingerprint density at radius 1 is 1.00 bits per heavy atom. The molecular formula is C28H23F3N8O3. The van der Waals surface area contributed by atoms with Crippen molar-refractivity contribution in [3.05, 3.63) is 90.4 Å². The van der Waals surface area contributed by atoms with E-state index in [1.807, 2.05) is 0 Å². The summed E-state index contributed by atoms with van der Waals surface area (Å²) in [5, 5.41) is 16.0. The minimum absolute atomic E-state index is 0.180. The van der Waals surface area contributed by atoms with E-state index in [1.54, 1.807) is 67.8 Å². The number of carbonyl (C=O) groups excluding carboxylic acids is 1. The summed E-state index contributed by atoms with van der Waals surface area (Å²) in [7, 11) is 1.70. The lowest BCUT2D eigenvalue weighted by Gasteiger charge is -2.27. The molecule has 3 aromatic heterocycles. The number of para-hydroxylation sites is 1. The molecule has 0 bridgehead atoms. The van der Waals surface area contributed by atoms with E-state index in [0.29, 0.717) is 28.4 Å². The maximum Gasteiger partial charge on any atom is 0.433 e. The molecule has 42 heavy (non-hydrogen) atoms. The van der Waals surface area contributed by atoms with E-state index in [0.717, 1.165) is 17.8 Å². The second-order valence-corrected chi connectivity index (χ2v) is 9.05. The van der Waals surface area contributed by atoms with Crippen LogP contribution in [0.25, 0.3) is 22.3 Å². The van der Waals surface area contributed by atoms with Gasteiger partial charge in [-0.15, -0.1) is 0 Å². The summed E-state index contributed by atoms with van der Waals surface area (Å²) in [5.74, 6) is -2.02. The number of H-pyrrole nitrogens is 1. The molecule has 0 unspecified atom stereocenters. The Morgan fingerprint density at radius 3 is 2.48 bits per heavy atom. The number of benzene rings is 2. The van der Waals surface area contributed by atoms with E-state index in [-0.39, 0.29) is 11.5 Å². The smallest absolute Gasteiger partial charge is 0.433 e. The first kappa shape index (κ1) is 28.0. The molecule has 4 N–H and O–H groups in total. The standard InChI is InChI=1S/C28H23F3N8O3/c1-32-26-33-11-9-20(37-26)21-14-17-13-16(7-8-19(17)35-21)24(40)36-22(25(41)42)15-39(18-5-3-2-4-6-18)27-34-12-10-23(38-27)28(29,30)31/h2-14,22,35H,15H2,1H3,(H,36,40)(H,41,42)(H,32,33,37)/t22-/m0/s1. The van der Waals surface area contributed by atoms with Crippen LogP contribution >= 0.6 is 0 Å².